The monoisotopic (exact) mass is 355 g/mol. The summed E-state index contributed by atoms with van der Waals surface area (Å²) in [5.41, 5.74) is 0.398. The Hall–Kier alpha value is -3.11. The molecule has 25 heavy (non-hydrogen) atoms. The third-order valence-corrected chi connectivity index (χ3v) is 3.47. The molecule has 2 amide bonds. The SMILES string of the molecule is COc1ccc(NC(=O)[C@H]2CC(=O)Nc3nc(C(F)(F)F)nn32)cc1. The Kier molecular flexibility index (Phi) is 4.07. The summed E-state index contributed by atoms with van der Waals surface area (Å²) in [6.45, 7) is 0. The summed E-state index contributed by atoms with van der Waals surface area (Å²) in [5, 5.41) is 8.01. The van der Waals surface area contributed by atoms with Gasteiger partial charge < -0.3 is 10.1 Å². The standard InChI is InChI=1S/C14H12F3N5O3/c1-25-8-4-2-7(3-5-8)18-11(24)9-6-10(23)19-13-20-12(14(15,16)17)21-22(9)13/h2-5,9H,6H2,1H3,(H,18,24)(H,19,20,21,23)/t9-/m1/s1. The number of anilines is 2. The van der Waals surface area contributed by atoms with Crippen LogP contribution in [-0.4, -0.2) is 33.7 Å². The average Bonchev–Trinajstić information content (AvgIpc) is 2.98. The fourth-order valence-electron chi connectivity index (χ4n) is 2.29. The van der Waals surface area contributed by atoms with Crippen molar-refractivity contribution in [3.8, 4) is 5.75 Å². The molecule has 1 aliphatic heterocycles. The summed E-state index contributed by atoms with van der Waals surface area (Å²) in [4.78, 5) is 27.3. The Morgan fingerprint density at radius 2 is 2.04 bits per heavy atom. The largest absolute Gasteiger partial charge is 0.497 e. The van der Waals surface area contributed by atoms with Gasteiger partial charge in [0, 0.05) is 5.69 Å². The van der Waals surface area contributed by atoms with E-state index in [-0.39, 0.29) is 6.42 Å². The van der Waals surface area contributed by atoms with Crippen LogP contribution in [0.3, 0.4) is 0 Å². The number of hydrogen-bond donors (Lipinski definition) is 2. The van der Waals surface area contributed by atoms with E-state index >= 15 is 0 Å². The lowest BCUT2D eigenvalue weighted by molar-refractivity contribution is -0.145. The molecule has 0 saturated heterocycles. The maximum absolute atomic E-state index is 12.8. The fraction of sp³-hybridized carbons (Fsp3) is 0.286. The van der Waals surface area contributed by atoms with Crippen LogP contribution < -0.4 is 15.4 Å². The molecular weight excluding hydrogens is 343 g/mol. The second-order valence-electron chi connectivity index (χ2n) is 5.19. The molecule has 1 aliphatic rings. The summed E-state index contributed by atoms with van der Waals surface area (Å²) in [5.74, 6) is -2.57. The third-order valence-electron chi connectivity index (χ3n) is 3.47. The van der Waals surface area contributed by atoms with Crippen molar-refractivity contribution < 1.29 is 27.5 Å². The lowest BCUT2D eigenvalue weighted by Gasteiger charge is -2.22. The first-order chi connectivity index (χ1) is 11.8. The summed E-state index contributed by atoms with van der Waals surface area (Å²) in [6, 6.07) is 5.08. The molecule has 3 rings (SSSR count). The lowest BCUT2D eigenvalue weighted by atomic mass is 10.1. The molecule has 1 aromatic heterocycles. The summed E-state index contributed by atoms with van der Waals surface area (Å²) >= 11 is 0. The number of benzene rings is 1. The summed E-state index contributed by atoms with van der Waals surface area (Å²) < 4.78 is 44.0. The number of methoxy groups -OCH3 is 1. The van der Waals surface area contributed by atoms with Crippen LogP contribution in [0.25, 0.3) is 0 Å². The van der Waals surface area contributed by atoms with Crippen LogP contribution in [0, 0.1) is 0 Å². The normalized spacial score (nSPS) is 16.8. The van der Waals surface area contributed by atoms with Crippen molar-refractivity contribution in [3.63, 3.8) is 0 Å². The van der Waals surface area contributed by atoms with Gasteiger partial charge in [0.1, 0.15) is 11.8 Å². The first-order valence-corrected chi connectivity index (χ1v) is 7.06. The number of hydrogen-bond acceptors (Lipinski definition) is 5. The summed E-state index contributed by atoms with van der Waals surface area (Å²) in [7, 11) is 1.48. The molecule has 11 heteroatoms. The zero-order chi connectivity index (χ0) is 18.2. The van der Waals surface area contributed by atoms with Gasteiger partial charge in [-0.15, -0.1) is 5.10 Å². The molecule has 0 fully saturated rings. The van der Waals surface area contributed by atoms with E-state index in [9.17, 15) is 22.8 Å². The molecule has 8 nitrogen and oxygen atoms in total. The number of amides is 2. The number of carbonyl (C=O) groups is 2. The van der Waals surface area contributed by atoms with Crippen molar-refractivity contribution in [1.29, 1.82) is 0 Å². The Morgan fingerprint density at radius 1 is 1.36 bits per heavy atom. The lowest BCUT2D eigenvalue weighted by Crippen LogP contribution is -2.36. The minimum atomic E-state index is -4.79. The van der Waals surface area contributed by atoms with Crippen LogP contribution in [0.1, 0.15) is 18.3 Å². The van der Waals surface area contributed by atoms with Crippen LogP contribution >= 0.6 is 0 Å². The molecule has 1 atom stereocenters. The van der Waals surface area contributed by atoms with E-state index < -0.39 is 35.8 Å². The first kappa shape index (κ1) is 16.7. The zero-order valence-corrected chi connectivity index (χ0v) is 12.8. The molecule has 2 N–H and O–H groups in total. The Bertz CT molecular complexity index is 816. The number of ether oxygens (including phenoxy) is 1. The Morgan fingerprint density at radius 3 is 2.64 bits per heavy atom. The topological polar surface area (TPSA) is 98.1 Å². The van der Waals surface area contributed by atoms with Crippen LogP contribution in [0.4, 0.5) is 24.8 Å². The van der Waals surface area contributed by atoms with Gasteiger partial charge in [0.05, 0.1) is 13.5 Å². The second-order valence-corrected chi connectivity index (χ2v) is 5.19. The van der Waals surface area contributed by atoms with E-state index in [1.54, 1.807) is 24.3 Å². The van der Waals surface area contributed by atoms with Gasteiger partial charge in [0.2, 0.25) is 17.8 Å². The highest BCUT2D eigenvalue weighted by atomic mass is 19.4. The second kappa shape index (κ2) is 6.07. The summed E-state index contributed by atoms with van der Waals surface area (Å²) in [6.07, 6.45) is -5.14. The van der Waals surface area contributed by atoms with Crippen molar-refractivity contribution >= 4 is 23.5 Å². The van der Waals surface area contributed by atoms with E-state index in [2.05, 4.69) is 20.7 Å². The minimum Gasteiger partial charge on any atom is -0.497 e. The third kappa shape index (κ3) is 3.39. The molecule has 0 radical (unpaired) electrons. The van der Waals surface area contributed by atoms with Gasteiger partial charge in [-0.25, -0.2) is 4.68 Å². The van der Waals surface area contributed by atoms with Crippen molar-refractivity contribution in [2.24, 2.45) is 0 Å². The maximum Gasteiger partial charge on any atom is 0.453 e. The van der Waals surface area contributed by atoms with E-state index in [0.717, 1.165) is 4.68 Å². The number of carbonyl (C=O) groups excluding carboxylic acids is 2. The van der Waals surface area contributed by atoms with Gasteiger partial charge in [-0.1, -0.05) is 0 Å². The van der Waals surface area contributed by atoms with Crippen molar-refractivity contribution in [1.82, 2.24) is 14.8 Å². The smallest absolute Gasteiger partial charge is 0.453 e. The highest BCUT2D eigenvalue weighted by molar-refractivity contribution is 6.00. The maximum atomic E-state index is 12.8. The molecule has 0 bridgehead atoms. The number of halogens is 3. The quantitative estimate of drug-likeness (QED) is 0.875. The molecule has 132 valence electrons. The Labute approximate surface area is 139 Å². The average molecular weight is 355 g/mol. The number of rotatable bonds is 3. The molecule has 0 unspecified atom stereocenters. The van der Waals surface area contributed by atoms with Crippen molar-refractivity contribution in [3.05, 3.63) is 30.1 Å². The highest BCUT2D eigenvalue weighted by Crippen LogP contribution is 2.31. The predicted molar refractivity (Wildman–Crippen MR) is 78.9 cm³/mol. The number of fused-ring (bicyclic) bond motifs is 1. The van der Waals surface area contributed by atoms with Crippen LogP contribution in [-0.2, 0) is 15.8 Å². The molecule has 0 spiro atoms. The molecule has 2 aromatic rings. The number of alkyl halides is 3. The Balaban J connectivity index is 1.85. The van der Waals surface area contributed by atoms with Gasteiger partial charge >= 0.3 is 6.18 Å². The van der Waals surface area contributed by atoms with Gasteiger partial charge in [-0.2, -0.15) is 18.2 Å². The van der Waals surface area contributed by atoms with Crippen molar-refractivity contribution in [2.45, 2.75) is 18.6 Å². The van der Waals surface area contributed by atoms with Gasteiger partial charge in [-0.05, 0) is 24.3 Å². The van der Waals surface area contributed by atoms with Gasteiger partial charge in [0.25, 0.3) is 5.82 Å². The minimum absolute atomic E-state index is 0.352. The molecule has 2 heterocycles. The number of nitrogens with one attached hydrogen (secondary N) is 2. The van der Waals surface area contributed by atoms with Crippen LogP contribution in [0.5, 0.6) is 5.75 Å². The van der Waals surface area contributed by atoms with E-state index in [1.165, 1.54) is 7.11 Å². The van der Waals surface area contributed by atoms with Gasteiger partial charge in [-0.3, -0.25) is 14.9 Å². The van der Waals surface area contributed by atoms with E-state index in [0.29, 0.717) is 11.4 Å². The van der Waals surface area contributed by atoms with Crippen molar-refractivity contribution in [2.75, 3.05) is 17.7 Å². The zero-order valence-electron chi connectivity index (χ0n) is 12.8. The fourth-order valence-corrected chi connectivity index (χ4v) is 2.29. The predicted octanol–water partition coefficient (Wildman–Crippen LogP) is 1.83. The molecule has 0 saturated carbocycles. The van der Waals surface area contributed by atoms with E-state index in [4.69, 9.17) is 4.74 Å². The number of nitrogens with zero attached hydrogens (tertiary/aromatic N) is 3. The molecular formula is C14H12F3N5O3. The molecule has 1 aromatic carbocycles. The first-order valence-electron chi connectivity index (χ1n) is 7.06. The van der Waals surface area contributed by atoms with Gasteiger partial charge in [0.15, 0.2) is 0 Å². The van der Waals surface area contributed by atoms with E-state index in [1.807, 2.05) is 0 Å². The number of aromatic nitrogens is 3. The molecule has 0 aliphatic carbocycles. The van der Waals surface area contributed by atoms with Crippen LogP contribution in [0.2, 0.25) is 0 Å². The highest BCUT2D eigenvalue weighted by Gasteiger charge is 2.41. The van der Waals surface area contributed by atoms with Crippen LogP contribution in [0.15, 0.2) is 24.3 Å².